The highest BCUT2D eigenvalue weighted by Gasteiger charge is 2.55. The molecule has 2 fully saturated rings. The number of urea groups is 1. The van der Waals surface area contributed by atoms with Gasteiger partial charge in [-0.2, -0.15) is 4.98 Å². The molecular formula is C15H23N5O3. The van der Waals surface area contributed by atoms with Crippen LogP contribution in [-0.2, 0) is 11.3 Å². The highest BCUT2D eigenvalue weighted by molar-refractivity contribution is 6.07. The van der Waals surface area contributed by atoms with Crippen molar-refractivity contribution in [2.24, 2.45) is 0 Å². The van der Waals surface area contributed by atoms with Gasteiger partial charge in [0.05, 0.1) is 6.54 Å². The summed E-state index contributed by atoms with van der Waals surface area (Å²) >= 11 is 0. The number of hydrogen-bond acceptors (Lipinski definition) is 6. The maximum atomic E-state index is 12.6. The predicted octanol–water partition coefficient (Wildman–Crippen LogP) is 1.10. The van der Waals surface area contributed by atoms with Crippen molar-refractivity contribution in [3.63, 3.8) is 0 Å². The molecule has 0 saturated carbocycles. The van der Waals surface area contributed by atoms with Crippen molar-refractivity contribution in [1.29, 1.82) is 0 Å². The Bertz CT molecular complexity index is 626. The van der Waals surface area contributed by atoms with Gasteiger partial charge in [0.25, 0.3) is 5.91 Å². The largest absolute Gasteiger partial charge is 0.339 e. The fourth-order valence-electron chi connectivity index (χ4n) is 3.18. The molecule has 0 aromatic carbocycles. The molecule has 126 valence electrons. The molecule has 3 amide bonds. The summed E-state index contributed by atoms with van der Waals surface area (Å²) in [6.45, 7) is 9.38. The van der Waals surface area contributed by atoms with E-state index >= 15 is 0 Å². The molecule has 1 aromatic rings. The van der Waals surface area contributed by atoms with Crippen LogP contribution in [0, 0.1) is 0 Å². The third kappa shape index (κ3) is 2.71. The van der Waals surface area contributed by atoms with Crippen molar-refractivity contribution in [3.8, 4) is 0 Å². The van der Waals surface area contributed by atoms with Crippen molar-refractivity contribution < 1.29 is 14.1 Å². The van der Waals surface area contributed by atoms with Crippen molar-refractivity contribution in [1.82, 2.24) is 25.3 Å². The summed E-state index contributed by atoms with van der Waals surface area (Å²) in [6.07, 6.45) is 0.607. The van der Waals surface area contributed by atoms with E-state index in [2.05, 4.69) is 20.4 Å². The van der Waals surface area contributed by atoms with E-state index < -0.39 is 5.54 Å². The number of rotatable bonds is 4. The number of amides is 3. The van der Waals surface area contributed by atoms with Crippen LogP contribution in [0.25, 0.3) is 0 Å². The second-order valence-electron chi connectivity index (χ2n) is 6.95. The van der Waals surface area contributed by atoms with Crippen LogP contribution >= 0.6 is 0 Å². The Labute approximate surface area is 135 Å². The normalized spacial score (nSPS) is 25.4. The van der Waals surface area contributed by atoms with E-state index in [1.165, 1.54) is 4.90 Å². The van der Waals surface area contributed by atoms with Crippen molar-refractivity contribution >= 4 is 11.9 Å². The average Bonchev–Trinajstić information content (AvgIpc) is 3.12. The first-order chi connectivity index (χ1) is 10.8. The maximum Gasteiger partial charge on any atom is 0.325 e. The molecule has 2 aliphatic heterocycles. The standard InChI is InChI=1S/C15H23N5O3/c1-9(2)12-16-11(18-23-12)7-19-6-5-15(8-19)13(21)20(10(3)4)14(22)17-15/h9-10H,5-8H2,1-4H3,(H,17,22). The van der Waals surface area contributed by atoms with Gasteiger partial charge in [-0.1, -0.05) is 19.0 Å². The first-order valence-electron chi connectivity index (χ1n) is 8.03. The van der Waals surface area contributed by atoms with Gasteiger partial charge < -0.3 is 9.84 Å². The van der Waals surface area contributed by atoms with E-state index in [4.69, 9.17) is 4.52 Å². The van der Waals surface area contributed by atoms with Crippen LogP contribution in [0.3, 0.4) is 0 Å². The summed E-state index contributed by atoms with van der Waals surface area (Å²) in [6, 6.07) is -0.435. The summed E-state index contributed by atoms with van der Waals surface area (Å²) in [5.41, 5.74) is -0.800. The van der Waals surface area contributed by atoms with Gasteiger partial charge in [0.2, 0.25) is 5.89 Å². The number of carbonyl (C=O) groups excluding carboxylic acids is 2. The van der Waals surface area contributed by atoms with Gasteiger partial charge in [-0.25, -0.2) is 4.79 Å². The highest BCUT2D eigenvalue weighted by Crippen LogP contribution is 2.30. The maximum absolute atomic E-state index is 12.6. The van der Waals surface area contributed by atoms with Crippen LogP contribution in [0.5, 0.6) is 0 Å². The van der Waals surface area contributed by atoms with Crippen LogP contribution in [0.4, 0.5) is 4.79 Å². The van der Waals surface area contributed by atoms with Gasteiger partial charge in [0.1, 0.15) is 5.54 Å². The van der Waals surface area contributed by atoms with E-state index in [9.17, 15) is 9.59 Å². The van der Waals surface area contributed by atoms with E-state index in [1.54, 1.807) is 0 Å². The second-order valence-corrected chi connectivity index (χ2v) is 6.95. The van der Waals surface area contributed by atoms with Crippen LogP contribution in [0.2, 0.25) is 0 Å². The molecule has 8 heteroatoms. The molecule has 0 radical (unpaired) electrons. The van der Waals surface area contributed by atoms with Gasteiger partial charge in [0.15, 0.2) is 5.82 Å². The van der Waals surface area contributed by atoms with Crippen molar-refractivity contribution in [2.75, 3.05) is 13.1 Å². The quantitative estimate of drug-likeness (QED) is 0.835. The Kier molecular flexibility index (Phi) is 3.87. The van der Waals surface area contributed by atoms with Crippen LogP contribution in [0.1, 0.15) is 51.7 Å². The van der Waals surface area contributed by atoms with Gasteiger partial charge >= 0.3 is 6.03 Å². The highest BCUT2D eigenvalue weighted by atomic mass is 16.5. The molecule has 1 N–H and O–H groups in total. The summed E-state index contributed by atoms with van der Waals surface area (Å²) in [4.78, 5) is 32.5. The Balaban J connectivity index is 1.68. The molecule has 1 unspecified atom stereocenters. The molecular weight excluding hydrogens is 298 g/mol. The molecule has 2 saturated heterocycles. The second kappa shape index (κ2) is 5.59. The average molecular weight is 321 g/mol. The molecule has 3 heterocycles. The van der Waals surface area contributed by atoms with Crippen LogP contribution in [0.15, 0.2) is 4.52 Å². The van der Waals surface area contributed by atoms with Gasteiger partial charge in [-0.15, -0.1) is 0 Å². The number of hydrogen-bond donors (Lipinski definition) is 1. The predicted molar refractivity (Wildman–Crippen MR) is 81.5 cm³/mol. The molecule has 0 bridgehead atoms. The Morgan fingerprint density at radius 1 is 1.30 bits per heavy atom. The minimum Gasteiger partial charge on any atom is -0.339 e. The summed E-state index contributed by atoms with van der Waals surface area (Å²) < 4.78 is 5.21. The molecule has 8 nitrogen and oxygen atoms in total. The summed E-state index contributed by atoms with van der Waals surface area (Å²) in [7, 11) is 0. The Hall–Kier alpha value is -1.96. The number of likely N-dealkylation sites (tertiary alicyclic amines) is 1. The van der Waals surface area contributed by atoms with E-state index in [0.717, 1.165) is 0 Å². The lowest BCUT2D eigenvalue weighted by Crippen LogP contribution is -2.49. The summed E-state index contributed by atoms with van der Waals surface area (Å²) in [5, 5.41) is 6.86. The number of carbonyl (C=O) groups is 2. The third-order valence-electron chi connectivity index (χ3n) is 4.40. The van der Waals surface area contributed by atoms with Gasteiger partial charge in [-0.3, -0.25) is 14.6 Å². The Morgan fingerprint density at radius 2 is 2.04 bits per heavy atom. The van der Waals surface area contributed by atoms with E-state index in [1.807, 2.05) is 27.7 Å². The van der Waals surface area contributed by atoms with Crippen molar-refractivity contribution in [3.05, 3.63) is 11.7 Å². The minimum absolute atomic E-state index is 0.129. The SMILES string of the molecule is CC(C)c1nc(CN2CCC3(C2)NC(=O)N(C(C)C)C3=O)no1. The lowest BCUT2D eigenvalue weighted by atomic mass is 9.99. The smallest absolute Gasteiger partial charge is 0.325 e. The zero-order chi connectivity index (χ0) is 16.8. The first kappa shape index (κ1) is 15.9. The number of imide groups is 1. The number of nitrogens with zero attached hydrogens (tertiary/aromatic N) is 4. The minimum atomic E-state index is -0.800. The van der Waals surface area contributed by atoms with Gasteiger partial charge in [0, 0.05) is 25.0 Å². The number of aromatic nitrogens is 2. The molecule has 2 aliphatic rings. The molecule has 1 atom stereocenters. The van der Waals surface area contributed by atoms with Gasteiger partial charge in [-0.05, 0) is 20.3 Å². The van der Waals surface area contributed by atoms with E-state index in [0.29, 0.717) is 37.8 Å². The monoisotopic (exact) mass is 321 g/mol. The molecule has 1 aromatic heterocycles. The molecule has 23 heavy (non-hydrogen) atoms. The Morgan fingerprint density at radius 3 is 2.61 bits per heavy atom. The zero-order valence-electron chi connectivity index (χ0n) is 14.0. The lowest BCUT2D eigenvalue weighted by Gasteiger charge is -2.22. The zero-order valence-corrected chi connectivity index (χ0v) is 14.0. The third-order valence-corrected chi connectivity index (χ3v) is 4.40. The number of nitrogens with one attached hydrogen (secondary N) is 1. The molecule has 3 rings (SSSR count). The van der Waals surface area contributed by atoms with Crippen LogP contribution < -0.4 is 5.32 Å². The fraction of sp³-hybridized carbons (Fsp3) is 0.733. The van der Waals surface area contributed by atoms with Crippen LogP contribution in [-0.4, -0.2) is 56.5 Å². The van der Waals surface area contributed by atoms with E-state index in [-0.39, 0.29) is 23.9 Å². The lowest BCUT2D eigenvalue weighted by molar-refractivity contribution is -0.132. The van der Waals surface area contributed by atoms with Crippen molar-refractivity contribution in [2.45, 2.75) is 58.2 Å². The molecule has 0 aliphatic carbocycles. The first-order valence-corrected chi connectivity index (χ1v) is 8.03. The topological polar surface area (TPSA) is 91.6 Å². The fourth-order valence-corrected chi connectivity index (χ4v) is 3.18. The molecule has 1 spiro atoms. The summed E-state index contributed by atoms with van der Waals surface area (Å²) in [5.74, 6) is 1.29.